The lowest BCUT2D eigenvalue weighted by Gasteiger charge is -2.09. The molecule has 0 heterocycles. The Morgan fingerprint density at radius 2 is 0.521 bits per heavy atom. The summed E-state index contributed by atoms with van der Waals surface area (Å²) < 4.78 is 70.6. The second-order valence-corrected chi connectivity index (χ2v) is 10.2. The minimum atomic E-state index is -0.874. The van der Waals surface area contributed by atoms with Crippen molar-refractivity contribution in [2.24, 2.45) is 0 Å². The van der Waals surface area contributed by atoms with Crippen LogP contribution in [-0.4, -0.2) is 183 Å². The molecular weight excluding hydrogens is 636 g/mol. The van der Waals surface area contributed by atoms with Gasteiger partial charge in [0.2, 0.25) is 0 Å². The second-order valence-electron chi connectivity index (χ2n) is 10.2. The molecule has 0 bridgehead atoms. The van der Waals surface area contributed by atoms with E-state index in [0.717, 1.165) is 13.0 Å². The summed E-state index contributed by atoms with van der Waals surface area (Å²) in [6.45, 7) is 15.3. The monoisotopic (exact) mass is 702 g/mol. The number of rotatable bonds is 44. The summed E-state index contributed by atoms with van der Waals surface area (Å²) >= 11 is 0. The summed E-state index contributed by atoms with van der Waals surface area (Å²) in [7, 11) is 0. The maximum Gasteiger partial charge on any atom is 0.305 e. The zero-order valence-corrected chi connectivity index (χ0v) is 29.6. The highest BCUT2D eigenvalue weighted by Gasteiger charge is 1.98. The third kappa shape index (κ3) is 45.0. The molecule has 0 fully saturated rings. The fraction of sp³-hybridized carbons (Fsp3) is 0.970. The number of hydrogen-bond acceptors (Lipinski definition) is 14. The third-order valence-corrected chi connectivity index (χ3v) is 6.07. The van der Waals surface area contributed by atoms with E-state index in [0.29, 0.717) is 159 Å². The van der Waals surface area contributed by atoms with Gasteiger partial charge in [-0.15, -0.1) is 0 Å². The zero-order valence-electron chi connectivity index (χ0n) is 29.6. The molecule has 0 spiro atoms. The maximum atomic E-state index is 10.3. The molecule has 0 aromatic carbocycles. The van der Waals surface area contributed by atoms with Gasteiger partial charge in [0, 0.05) is 6.61 Å². The lowest BCUT2D eigenvalue weighted by Crippen LogP contribution is -2.15. The molecule has 0 saturated carbocycles. The van der Waals surface area contributed by atoms with E-state index >= 15 is 0 Å². The van der Waals surface area contributed by atoms with Gasteiger partial charge in [0.1, 0.15) is 0 Å². The maximum absolute atomic E-state index is 10.3. The van der Waals surface area contributed by atoms with Crippen molar-refractivity contribution < 1.29 is 71.5 Å². The predicted molar refractivity (Wildman–Crippen MR) is 177 cm³/mol. The van der Waals surface area contributed by atoms with Gasteiger partial charge in [0.25, 0.3) is 0 Å². The Hall–Kier alpha value is -1.05. The number of unbranched alkanes of at least 4 members (excludes halogenated alkanes) is 3. The highest BCUT2D eigenvalue weighted by molar-refractivity contribution is 5.66. The summed E-state index contributed by atoms with van der Waals surface area (Å²) in [5, 5.41) is 8.49. The van der Waals surface area contributed by atoms with E-state index in [1.165, 1.54) is 19.3 Å². The van der Waals surface area contributed by atoms with Crippen molar-refractivity contribution in [1.82, 2.24) is 0 Å². The van der Waals surface area contributed by atoms with Crippen molar-refractivity contribution in [3.8, 4) is 0 Å². The molecule has 0 aliphatic carbocycles. The van der Waals surface area contributed by atoms with Gasteiger partial charge in [-0.2, -0.15) is 0 Å². The van der Waals surface area contributed by atoms with Gasteiger partial charge in [-0.3, -0.25) is 4.79 Å². The summed E-state index contributed by atoms with van der Waals surface area (Å²) in [5.74, 6) is -0.874. The molecule has 288 valence electrons. The Kier molecular flexibility index (Phi) is 43.0. The first-order valence-corrected chi connectivity index (χ1v) is 17.5. The average Bonchev–Trinajstić information content (AvgIpc) is 3.08. The van der Waals surface area contributed by atoms with Crippen molar-refractivity contribution in [3.63, 3.8) is 0 Å². The van der Waals surface area contributed by atoms with Crippen LogP contribution in [0.15, 0.2) is 0 Å². The van der Waals surface area contributed by atoms with E-state index < -0.39 is 5.97 Å². The lowest BCUT2D eigenvalue weighted by atomic mass is 10.2. The molecule has 0 radical (unpaired) electrons. The minimum Gasteiger partial charge on any atom is -0.481 e. The smallest absolute Gasteiger partial charge is 0.305 e. The standard InChI is InChI=1S/C33H66O15/c1-2-3-4-5-7-36-9-11-38-13-15-40-17-19-42-21-23-44-25-27-46-29-31-48-32-30-47-28-26-45-24-22-43-20-18-41-16-14-39-12-10-37-8-6-33(34)35/h2-32H2,1H3,(H,34,35). The average molecular weight is 703 g/mol. The summed E-state index contributed by atoms with van der Waals surface area (Å²) in [5.41, 5.74) is 0. The van der Waals surface area contributed by atoms with Gasteiger partial charge in [-0.25, -0.2) is 0 Å². The molecule has 0 atom stereocenters. The van der Waals surface area contributed by atoms with Crippen LogP contribution in [0, 0.1) is 0 Å². The molecule has 0 amide bonds. The van der Waals surface area contributed by atoms with Crippen LogP contribution >= 0.6 is 0 Å². The minimum absolute atomic E-state index is 0.00211. The SMILES string of the molecule is CCCCCCOCCOCCOCCOCCOCCOCCOCCOCCOCCOCCOCCOCCOCCC(=O)O. The highest BCUT2D eigenvalue weighted by atomic mass is 16.6. The fourth-order valence-corrected chi connectivity index (χ4v) is 3.53. The Morgan fingerprint density at radius 1 is 0.312 bits per heavy atom. The number of ether oxygens (including phenoxy) is 13. The van der Waals surface area contributed by atoms with Gasteiger partial charge >= 0.3 is 5.97 Å². The summed E-state index contributed by atoms with van der Waals surface area (Å²) in [6, 6.07) is 0. The first-order chi connectivity index (χ1) is 23.8. The topological polar surface area (TPSA) is 157 Å². The van der Waals surface area contributed by atoms with Crippen LogP contribution in [0.3, 0.4) is 0 Å². The normalized spacial score (nSPS) is 11.5. The van der Waals surface area contributed by atoms with E-state index in [-0.39, 0.29) is 13.0 Å². The van der Waals surface area contributed by atoms with Crippen molar-refractivity contribution in [2.75, 3.05) is 172 Å². The third-order valence-electron chi connectivity index (χ3n) is 6.07. The molecule has 1 N–H and O–H groups in total. The molecule has 0 aromatic rings. The van der Waals surface area contributed by atoms with Crippen LogP contribution in [0.25, 0.3) is 0 Å². The number of aliphatic carboxylic acids is 1. The van der Waals surface area contributed by atoms with Gasteiger partial charge in [0.15, 0.2) is 0 Å². The highest BCUT2D eigenvalue weighted by Crippen LogP contribution is 1.98. The molecule has 48 heavy (non-hydrogen) atoms. The quantitative estimate of drug-likeness (QED) is 0.0922. The molecular formula is C33H66O15. The number of hydrogen-bond donors (Lipinski definition) is 1. The lowest BCUT2D eigenvalue weighted by molar-refractivity contribution is -0.138. The largest absolute Gasteiger partial charge is 0.481 e. The molecule has 0 aromatic heterocycles. The van der Waals surface area contributed by atoms with Crippen LogP contribution in [0.5, 0.6) is 0 Å². The molecule has 0 aliphatic heterocycles. The molecule has 0 saturated heterocycles. The Morgan fingerprint density at radius 3 is 0.729 bits per heavy atom. The van der Waals surface area contributed by atoms with Gasteiger partial charge in [-0.05, 0) is 6.42 Å². The molecule has 0 aliphatic rings. The van der Waals surface area contributed by atoms with Gasteiger partial charge in [0.05, 0.1) is 172 Å². The Bertz CT molecular complexity index is 603. The number of carboxylic acid groups (broad SMARTS) is 1. The molecule has 0 rings (SSSR count). The second kappa shape index (κ2) is 44.0. The van der Waals surface area contributed by atoms with Crippen LogP contribution in [0.4, 0.5) is 0 Å². The van der Waals surface area contributed by atoms with Crippen molar-refractivity contribution in [1.29, 1.82) is 0 Å². The van der Waals surface area contributed by atoms with Crippen molar-refractivity contribution in [2.45, 2.75) is 39.0 Å². The molecule has 15 heteroatoms. The first-order valence-electron chi connectivity index (χ1n) is 17.5. The molecule has 0 unspecified atom stereocenters. The van der Waals surface area contributed by atoms with E-state index in [9.17, 15) is 4.79 Å². The van der Waals surface area contributed by atoms with E-state index in [2.05, 4.69) is 6.92 Å². The Labute approximate surface area is 288 Å². The summed E-state index contributed by atoms with van der Waals surface area (Å²) in [6.07, 6.45) is 4.88. The van der Waals surface area contributed by atoms with Crippen molar-refractivity contribution >= 4 is 5.97 Å². The van der Waals surface area contributed by atoms with E-state index in [1.54, 1.807) is 0 Å². The van der Waals surface area contributed by atoms with E-state index in [4.69, 9.17) is 66.7 Å². The number of carbonyl (C=O) groups is 1. The Balaban J connectivity index is 3.04. The van der Waals surface area contributed by atoms with Crippen LogP contribution in [-0.2, 0) is 66.4 Å². The predicted octanol–water partition coefficient (Wildman–Crippen LogP) is 2.26. The van der Waals surface area contributed by atoms with E-state index in [1.807, 2.05) is 0 Å². The first kappa shape index (κ1) is 47.0. The van der Waals surface area contributed by atoms with Crippen LogP contribution < -0.4 is 0 Å². The van der Waals surface area contributed by atoms with Crippen LogP contribution in [0.2, 0.25) is 0 Å². The van der Waals surface area contributed by atoms with Crippen LogP contribution in [0.1, 0.15) is 39.0 Å². The fourth-order valence-electron chi connectivity index (χ4n) is 3.53. The number of carboxylic acids is 1. The van der Waals surface area contributed by atoms with Gasteiger partial charge < -0.3 is 66.7 Å². The van der Waals surface area contributed by atoms with Crippen molar-refractivity contribution in [3.05, 3.63) is 0 Å². The summed E-state index contributed by atoms with van der Waals surface area (Å²) in [4.78, 5) is 10.3. The molecule has 15 nitrogen and oxygen atoms in total. The zero-order chi connectivity index (χ0) is 34.7. The van der Waals surface area contributed by atoms with Gasteiger partial charge in [-0.1, -0.05) is 26.2 Å².